The Morgan fingerprint density at radius 1 is 0.955 bits per heavy atom. The summed E-state index contributed by atoms with van der Waals surface area (Å²) in [6, 6.07) is 16.1. The van der Waals surface area contributed by atoms with Crippen molar-refractivity contribution in [3.8, 4) is 22.6 Å². The molecule has 0 aliphatic carbocycles. The molecule has 1 aromatic heterocycles. The molecule has 1 N–H and O–H groups in total. The number of ketones is 1. The van der Waals surface area contributed by atoms with Gasteiger partial charge in [0.2, 0.25) is 0 Å². The summed E-state index contributed by atoms with van der Waals surface area (Å²) in [5, 5.41) is 0. The second-order valence-electron chi connectivity index (χ2n) is 5.60. The van der Waals surface area contributed by atoms with Crippen LogP contribution in [-0.4, -0.2) is 15.8 Å². The quantitative estimate of drug-likeness (QED) is 0.718. The fraction of sp³-hybridized carbons (Fsp3) is 0.158. The highest BCUT2D eigenvalue weighted by Crippen LogP contribution is 2.27. The molecule has 3 aromatic rings. The van der Waals surface area contributed by atoms with Crippen LogP contribution in [0, 0.1) is 13.8 Å². The molecule has 0 bridgehead atoms. The van der Waals surface area contributed by atoms with Crippen LogP contribution < -0.4 is 0 Å². The molecule has 0 aliphatic heterocycles. The topological polar surface area (TPSA) is 45.8 Å². The highest BCUT2D eigenvalue weighted by Gasteiger charge is 2.16. The molecule has 0 amide bonds. The van der Waals surface area contributed by atoms with Gasteiger partial charge in [0.05, 0.1) is 5.69 Å². The Kier molecular flexibility index (Phi) is 3.63. The second-order valence-corrected chi connectivity index (χ2v) is 5.60. The lowest BCUT2D eigenvalue weighted by Crippen LogP contribution is -1.95. The Morgan fingerprint density at radius 3 is 2.14 bits per heavy atom. The number of benzene rings is 2. The molecule has 1 heterocycles. The van der Waals surface area contributed by atoms with Crippen LogP contribution >= 0.6 is 0 Å². The van der Waals surface area contributed by atoms with Crippen LogP contribution in [0.5, 0.6) is 0 Å². The zero-order chi connectivity index (χ0) is 15.7. The highest BCUT2D eigenvalue weighted by atomic mass is 16.1. The summed E-state index contributed by atoms with van der Waals surface area (Å²) in [7, 11) is 0. The molecule has 3 nitrogen and oxygen atoms in total. The number of hydrogen-bond acceptors (Lipinski definition) is 2. The lowest BCUT2D eigenvalue weighted by Gasteiger charge is -2.00. The lowest BCUT2D eigenvalue weighted by molar-refractivity contribution is 0.101. The number of carbonyl (C=O) groups excluding carboxylic acids is 1. The van der Waals surface area contributed by atoms with E-state index >= 15 is 0 Å². The minimum atomic E-state index is -0.0112. The van der Waals surface area contributed by atoms with Crippen LogP contribution in [0.1, 0.15) is 28.5 Å². The van der Waals surface area contributed by atoms with E-state index in [0.717, 1.165) is 28.1 Å². The van der Waals surface area contributed by atoms with E-state index in [-0.39, 0.29) is 5.78 Å². The summed E-state index contributed by atoms with van der Waals surface area (Å²) in [6.07, 6.45) is 0. The van der Waals surface area contributed by atoms with E-state index in [1.54, 1.807) is 6.92 Å². The van der Waals surface area contributed by atoms with Gasteiger partial charge in [-0.25, -0.2) is 4.98 Å². The first kappa shape index (κ1) is 14.3. The summed E-state index contributed by atoms with van der Waals surface area (Å²) in [5.41, 5.74) is 5.53. The Hall–Kier alpha value is -2.68. The molecule has 0 aliphatic rings. The van der Waals surface area contributed by atoms with Crippen molar-refractivity contribution in [3.05, 3.63) is 65.4 Å². The van der Waals surface area contributed by atoms with Gasteiger partial charge in [-0.1, -0.05) is 47.5 Å². The van der Waals surface area contributed by atoms with Gasteiger partial charge in [-0.05, 0) is 26.0 Å². The molecule has 0 atom stereocenters. The van der Waals surface area contributed by atoms with E-state index in [1.807, 2.05) is 56.3 Å². The Bertz CT molecular complexity index is 846. The molecule has 0 radical (unpaired) electrons. The number of hydrogen-bond donors (Lipinski definition) is 1. The first-order valence-electron chi connectivity index (χ1n) is 7.29. The fourth-order valence-corrected chi connectivity index (χ4v) is 2.56. The van der Waals surface area contributed by atoms with Gasteiger partial charge in [-0.3, -0.25) is 4.79 Å². The SMILES string of the molecule is CC(=O)c1[nH]c(-c2cccc(C)c2)nc1-c1cccc(C)c1. The van der Waals surface area contributed by atoms with E-state index < -0.39 is 0 Å². The van der Waals surface area contributed by atoms with Gasteiger partial charge in [0.15, 0.2) is 5.78 Å². The Morgan fingerprint density at radius 2 is 1.55 bits per heavy atom. The molecule has 3 rings (SSSR count). The van der Waals surface area contributed by atoms with Crippen LogP contribution in [0.15, 0.2) is 48.5 Å². The van der Waals surface area contributed by atoms with Crippen molar-refractivity contribution < 1.29 is 4.79 Å². The Balaban J connectivity index is 2.16. The average Bonchev–Trinajstić information content (AvgIpc) is 2.92. The maximum Gasteiger partial charge on any atom is 0.178 e. The van der Waals surface area contributed by atoms with Crippen LogP contribution in [0.2, 0.25) is 0 Å². The van der Waals surface area contributed by atoms with Crippen LogP contribution in [0.3, 0.4) is 0 Å². The smallest absolute Gasteiger partial charge is 0.178 e. The van der Waals surface area contributed by atoms with E-state index in [9.17, 15) is 4.79 Å². The normalized spacial score (nSPS) is 10.7. The van der Waals surface area contributed by atoms with Gasteiger partial charge >= 0.3 is 0 Å². The van der Waals surface area contributed by atoms with Crippen molar-refractivity contribution >= 4 is 5.78 Å². The van der Waals surface area contributed by atoms with Crippen molar-refractivity contribution in [2.24, 2.45) is 0 Å². The minimum absolute atomic E-state index is 0.0112. The van der Waals surface area contributed by atoms with Crippen LogP contribution in [-0.2, 0) is 0 Å². The zero-order valence-electron chi connectivity index (χ0n) is 13.0. The molecule has 0 fully saturated rings. The standard InChI is InChI=1S/C19H18N2O/c1-12-6-4-8-15(10-12)18-17(14(3)22)20-19(21-18)16-9-5-7-13(2)11-16/h4-11H,1-3H3,(H,20,21). The monoisotopic (exact) mass is 290 g/mol. The maximum atomic E-state index is 12.0. The number of aromatic nitrogens is 2. The minimum Gasteiger partial charge on any atom is -0.335 e. The zero-order valence-corrected chi connectivity index (χ0v) is 13.0. The predicted octanol–water partition coefficient (Wildman–Crippen LogP) is 4.56. The number of carbonyl (C=O) groups is 1. The first-order valence-corrected chi connectivity index (χ1v) is 7.29. The van der Waals surface area contributed by atoms with Gasteiger partial charge in [0.1, 0.15) is 11.5 Å². The van der Waals surface area contributed by atoms with E-state index in [0.29, 0.717) is 11.4 Å². The number of Topliss-reactive ketones (excluding diaryl/α,β-unsaturated/α-hetero) is 1. The molecular formula is C19H18N2O. The third kappa shape index (κ3) is 2.70. The Labute approximate surface area is 130 Å². The number of nitrogens with one attached hydrogen (secondary N) is 1. The number of H-pyrrole nitrogens is 1. The summed E-state index contributed by atoms with van der Waals surface area (Å²) in [4.78, 5) is 19.8. The van der Waals surface area contributed by atoms with Crippen molar-refractivity contribution in [2.75, 3.05) is 0 Å². The summed E-state index contributed by atoms with van der Waals surface area (Å²) in [5.74, 6) is 0.716. The fourth-order valence-electron chi connectivity index (χ4n) is 2.56. The summed E-state index contributed by atoms with van der Waals surface area (Å²) >= 11 is 0. The molecule has 110 valence electrons. The molecular weight excluding hydrogens is 272 g/mol. The van der Waals surface area contributed by atoms with Gasteiger partial charge in [0.25, 0.3) is 0 Å². The van der Waals surface area contributed by atoms with E-state index in [2.05, 4.69) is 16.0 Å². The summed E-state index contributed by atoms with van der Waals surface area (Å²) in [6.45, 7) is 5.64. The van der Waals surface area contributed by atoms with Crippen LogP contribution in [0.4, 0.5) is 0 Å². The van der Waals surface area contributed by atoms with Crippen molar-refractivity contribution in [3.63, 3.8) is 0 Å². The highest BCUT2D eigenvalue weighted by molar-refractivity contribution is 5.99. The number of aryl methyl sites for hydroxylation is 2. The van der Waals surface area contributed by atoms with Gasteiger partial charge in [-0.15, -0.1) is 0 Å². The number of aromatic amines is 1. The number of rotatable bonds is 3. The van der Waals surface area contributed by atoms with Gasteiger partial charge in [0, 0.05) is 18.1 Å². The average molecular weight is 290 g/mol. The van der Waals surface area contributed by atoms with Gasteiger partial charge < -0.3 is 4.98 Å². The van der Waals surface area contributed by atoms with Gasteiger partial charge in [-0.2, -0.15) is 0 Å². The molecule has 0 saturated carbocycles. The molecule has 0 unspecified atom stereocenters. The van der Waals surface area contributed by atoms with E-state index in [4.69, 9.17) is 0 Å². The van der Waals surface area contributed by atoms with Crippen molar-refractivity contribution in [1.29, 1.82) is 0 Å². The summed E-state index contributed by atoms with van der Waals surface area (Å²) < 4.78 is 0. The molecule has 0 spiro atoms. The maximum absolute atomic E-state index is 12.0. The third-order valence-electron chi connectivity index (χ3n) is 3.64. The second kappa shape index (κ2) is 5.60. The van der Waals surface area contributed by atoms with E-state index in [1.165, 1.54) is 0 Å². The van der Waals surface area contributed by atoms with Crippen molar-refractivity contribution in [1.82, 2.24) is 9.97 Å². The first-order chi connectivity index (χ1) is 10.5. The van der Waals surface area contributed by atoms with Crippen LogP contribution in [0.25, 0.3) is 22.6 Å². The molecule has 3 heteroatoms. The molecule has 2 aromatic carbocycles. The number of nitrogens with zero attached hydrogens (tertiary/aromatic N) is 1. The van der Waals surface area contributed by atoms with Crippen molar-refractivity contribution in [2.45, 2.75) is 20.8 Å². The largest absolute Gasteiger partial charge is 0.335 e. The molecule has 22 heavy (non-hydrogen) atoms. The lowest BCUT2D eigenvalue weighted by atomic mass is 10.1. The predicted molar refractivity (Wildman–Crippen MR) is 88.9 cm³/mol. The third-order valence-corrected chi connectivity index (χ3v) is 3.64. The molecule has 0 saturated heterocycles. The number of imidazole rings is 1.